The molecule has 0 amide bonds. The maximum Gasteiger partial charge on any atom is 0.164 e. The molecule has 0 unspecified atom stereocenters. The predicted octanol–water partition coefficient (Wildman–Crippen LogP) is 4.11. The van der Waals surface area contributed by atoms with E-state index >= 15 is 0 Å². The first-order valence-electron chi connectivity index (χ1n) is 6.95. The highest BCUT2D eigenvalue weighted by atomic mass is 35.5. The van der Waals surface area contributed by atoms with E-state index < -0.39 is 0 Å². The third kappa shape index (κ3) is 3.59. The summed E-state index contributed by atoms with van der Waals surface area (Å²) in [5.41, 5.74) is 3.26. The number of nitrogens with one attached hydrogen (secondary N) is 1. The zero-order chi connectivity index (χ0) is 15.4. The van der Waals surface area contributed by atoms with Crippen molar-refractivity contribution in [3.8, 4) is 11.4 Å². The molecule has 0 bridgehead atoms. The molecule has 0 saturated heterocycles. The average molecular weight is 311 g/mol. The molecule has 3 rings (SSSR count). The molecule has 0 atom stereocenters. The van der Waals surface area contributed by atoms with Gasteiger partial charge in [-0.3, -0.25) is 4.98 Å². The van der Waals surface area contributed by atoms with E-state index in [4.69, 9.17) is 11.6 Å². The van der Waals surface area contributed by atoms with Gasteiger partial charge in [-0.05, 0) is 24.6 Å². The van der Waals surface area contributed by atoms with Crippen LogP contribution in [0.25, 0.3) is 11.4 Å². The van der Waals surface area contributed by atoms with Crippen molar-refractivity contribution in [2.75, 3.05) is 5.32 Å². The van der Waals surface area contributed by atoms with E-state index in [1.807, 2.05) is 18.2 Å². The quantitative estimate of drug-likeness (QED) is 0.737. The van der Waals surface area contributed by atoms with Gasteiger partial charge in [0.1, 0.15) is 11.0 Å². The molecule has 1 aromatic carbocycles. The molecule has 5 heteroatoms. The van der Waals surface area contributed by atoms with Crippen LogP contribution in [-0.4, -0.2) is 15.0 Å². The molecule has 110 valence electrons. The molecule has 3 aromatic rings. The van der Waals surface area contributed by atoms with E-state index in [1.165, 1.54) is 11.1 Å². The maximum absolute atomic E-state index is 6.10. The van der Waals surface area contributed by atoms with Crippen molar-refractivity contribution in [1.29, 1.82) is 0 Å². The van der Waals surface area contributed by atoms with Crippen molar-refractivity contribution in [3.05, 3.63) is 71.1 Å². The van der Waals surface area contributed by atoms with Gasteiger partial charge in [-0.25, -0.2) is 9.97 Å². The van der Waals surface area contributed by atoms with E-state index in [2.05, 4.69) is 45.4 Å². The zero-order valence-corrected chi connectivity index (χ0v) is 12.9. The normalized spacial score (nSPS) is 10.5. The lowest BCUT2D eigenvalue weighted by molar-refractivity contribution is 1.08. The molecule has 2 heterocycles. The summed E-state index contributed by atoms with van der Waals surface area (Å²) in [4.78, 5) is 12.8. The number of nitrogens with zero attached hydrogens (tertiary/aromatic N) is 3. The molecule has 1 N–H and O–H groups in total. The smallest absolute Gasteiger partial charge is 0.164 e. The second kappa shape index (κ2) is 6.54. The Morgan fingerprint density at radius 2 is 2.00 bits per heavy atom. The number of aryl methyl sites for hydroxylation is 1. The summed E-state index contributed by atoms with van der Waals surface area (Å²) < 4.78 is 0. The molecule has 0 aliphatic carbocycles. The highest BCUT2D eigenvalue weighted by Crippen LogP contribution is 2.20. The van der Waals surface area contributed by atoms with Gasteiger partial charge in [0.25, 0.3) is 0 Å². The number of hydrogen-bond acceptors (Lipinski definition) is 4. The van der Waals surface area contributed by atoms with Crippen molar-refractivity contribution in [2.45, 2.75) is 13.5 Å². The van der Waals surface area contributed by atoms with Gasteiger partial charge < -0.3 is 5.32 Å². The lowest BCUT2D eigenvalue weighted by Crippen LogP contribution is -2.03. The summed E-state index contributed by atoms with van der Waals surface area (Å²) in [5, 5.41) is 3.69. The molecule has 2 aromatic heterocycles. The molecule has 0 spiro atoms. The maximum atomic E-state index is 6.10. The topological polar surface area (TPSA) is 50.7 Å². The van der Waals surface area contributed by atoms with Crippen LogP contribution in [0.3, 0.4) is 0 Å². The monoisotopic (exact) mass is 310 g/mol. The molecule has 0 radical (unpaired) electrons. The number of halogens is 1. The van der Waals surface area contributed by atoms with Gasteiger partial charge in [0.15, 0.2) is 5.82 Å². The Hall–Kier alpha value is -2.46. The van der Waals surface area contributed by atoms with Crippen LogP contribution in [0, 0.1) is 6.92 Å². The van der Waals surface area contributed by atoms with Crippen molar-refractivity contribution in [2.24, 2.45) is 0 Å². The number of aromatic nitrogens is 3. The lowest BCUT2D eigenvalue weighted by Gasteiger charge is -2.08. The molecule has 0 aliphatic rings. The molecule has 22 heavy (non-hydrogen) atoms. The number of rotatable bonds is 4. The summed E-state index contributed by atoms with van der Waals surface area (Å²) in [6.45, 7) is 2.76. The Morgan fingerprint density at radius 1 is 1.09 bits per heavy atom. The highest BCUT2D eigenvalue weighted by molar-refractivity contribution is 6.29. The summed E-state index contributed by atoms with van der Waals surface area (Å²) in [5.74, 6) is 1.26. The average Bonchev–Trinajstić information content (AvgIpc) is 2.53. The highest BCUT2D eigenvalue weighted by Gasteiger charge is 2.06. The summed E-state index contributed by atoms with van der Waals surface area (Å²) >= 11 is 6.10. The van der Waals surface area contributed by atoms with Crippen LogP contribution in [-0.2, 0) is 6.54 Å². The number of benzene rings is 1. The Bertz CT molecular complexity index is 775. The Labute approximate surface area is 134 Å². The Kier molecular flexibility index (Phi) is 4.30. The van der Waals surface area contributed by atoms with Gasteiger partial charge in [-0.2, -0.15) is 0 Å². The molecule has 0 fully saturated rings. The molecule has 0 aliphatic heterocycles. The molecule has 4 nitrogen and oxygen atoms in total. The first kappa shape index (κ1) is 14.5. The standard InChI is InChI=1S/C17H15ClN4/c1-12-4-2-5-13(8-12)10-20-16-9-15(18)21-17(22-16)14-6-3-7-19-11-14/h2-9,11H,10H2,1H3,(H,20,21,22). The fourth-order valence-electron chi connectivity index (χ4n) is 2.15. The Balaban J connectivity index is 1.81. The van der Waals surface area contributed by atoms with E-state index in [0.29, 0.717) is 23.3 Å². The summed E-state index contributed by atoms with van der Waals surface area (Å²) in [6, 6.07) is 13.8. The SMILES string of the molecule is Cc1cccc(CNc2cc(Cl)nc(-c3cccnc3)n2)c1. The van der Waals surface area contributed by atoms with Crippen molar-refractivity contribution in [1.82, 2.24) is 15.0 Å². The van der Waals surface area contributed by atoms with Crippen LogP contribution >= 0.6 is 11.6 Å². The fourth-order valence-corrected chi connectivity index (χ4v) is 2.33. The predicted molar refractivity (Wildman–Crippen MR) is 88.8 cm³/mol. The number of anilines is 1. The second-order valence-corrected chi connectivity index (χ2v) is 5.37. The van der Waals surface area contributed by atoms with E-state index in [0.717, 1.165) is 5.56 Å². The van der Waals surface area contributed by atoms with Crippen LogP contribution in [0.1, 0.15) is 11.1 Å². The van der Waals surface area contributed by atoms with Crippen molar-refractivity contribution in [3.63, 3.8) is 0 Å². The van der Waals surface area contributed by atoms with Crippen molar-refractivity contribution < 1.29 is 0 Å². The van der Waals surface area contributed by atoms with E-state index in [9.17, 15) is 0 Å². The van der Waals surface area contributed by atoms with Gasteiger partial charge in [-0.1, -0.05) is 41.4 Å². The first-order chi connectivity index (χ1) is 10.7. The van der Waals surface area contributed by atoms with Gasteiger partial charge in [0, 0.05) is 30.6 Å². The summed E-state index contributed by atoms with van der Waals surface area (Å²) in [6.07, 6.45) is 3.43. The molecular weight excluding hydrogens is 296 g/mol. The minimum absolute atomic E-state index is 0.403. The third-order valence-electron chi connectivity index (χ3n) is 3.17. The Morgan fingerprint density at radius 3 is 2.77 bits per heavy atom. The largest absolute Gasteiger partial charge is 0.366 e. The summed E-state index contributed by atoms with van der Waals surface area (Å²) in [7, 11) is 0. The van der Waals surface area contributed by atoms with Crippen LogP contribution in [0.4, 0.5) is 5.82 Å². The van der Waals surface area contributed by atoms with Gasteiger partial charge >= 0.3 is 0 Å². The fraction of sp³-hybridized carbons (Fsp3) is 0.118. The van der Waals surface area contributed by atoms with Crippen LogP contribution in [0.15, 0.2) is 54.9 Å². The minimum Gasteiger partial charge on any atom is -0.366 e. The van der Waals surface area contributed by atoms with Crippen LogP contribution < -0.4 is 5.32 Å². The van der Waals surface area contributed by atoms with Gasteiger partial charge in [0.05, 0.1) is 0 Å². The van der Waals surface area contributed by atoms with E-state index in [1.54, 1.807) is 18.5 Å². The van der Waals surface area contributed by atoms with Gasteiger partial charge in [-0.15, -0.1) is 0 Å². The van der Waals surface area contributed by atoms with Crippen LogP contribution in [0.5, 0.6) is 0 Å². The molecule has 0 saturated carbocycles. The lowest BCUT2D eigenvalue weighted by atomic mass is 10.1. The van der Waals surface area contributed by atoms with Crippen molar-refractivity contribution >= 4 is 17.4 Å². The number of pyridine rings is 1. The second-order valence-electron chi connectivity index (χ2n) is 4.98. The zero-order valence-electron chi connectivity index (χ0n) is 12.1. The first-order valence-corrected chi connectivity index (χ1v) is 7.33. The van der Waals surface area contributed by atoms with E-state index in [-0.39, 0.29) is 0 Å². The molecular formula is C17H15ClN4. The third-order valence-corrected chi connectivity index (χ3v) is 3.36. The van der Waals surface area contributed by atoms with Gasteiger partial charge in [0.2, 0.25) is 0 Å². The minimum atomic E-state index is 0.403. The number of hydrogen-bond donors (Lipinski definition) is 1. The van der Waals surface area contributed by atoms with Crippen LogP contribution in [0.2, 0.25) is 5.15 Å².